The predicted molar refractivity (Wildman–Crippen MR) is 82.6 cm³/mol. The van der Waals surface area contributed by atoms with Gasteiger partial charge < -0.3 is 11.1 Å². The van der Waals surface area contributed by atoms with Crippen LogP contribution in [-0.4, -0.2) is 19.6 Å². The minimum Gasteiger partial charge on any atom is -0.330 e. The Morgan fingerprint density at radius 2 is 2.00 bits per heavy atom. The molecule has 0 saturated carbocycles. The third-order valence-corrected chi connectivity index (χ3v) is 4.34. The van der Waals surface area contributed by atoms with E-state index in [0.29, 0.717) is 5.92 Å². The number of nitrogens with two attached hydrogens (primary N) is 1. The Labute approximate surface area is 117 Å². The maximum Gasteiger partial charge on any atom is 0.00433 e. The Morgan fingerprint density at radius 1 is 1.26 bits per heavy atom. The standard InChI is InChI=1S/C17H28N2/c1-13(10-18)11-19-12-17(2,3)16-8-7-14-5-4-6-15(14)9-16/h7-9,13,19H,4-6,10-12,18H2,1-3H3. The van der Waals surface area contributed by atoms with Gasteiger partial charge in [-0.3, -0.25) is 0 Å². The Morgan fingerprint density at radius 3 is 2.74 bits per heavy atom. The van der Waals surface area contributed by atoms with E-state index in [9.17, 15) is 0 Å². The first-order valence-corrected chi connectivity index (χ1v) is 7.56. The second kappa shape index (κ2) is 6.06. The van der Waals surface area contributed by atoms with Crippen molar-refractivity contribution in [1.29, 1.82) is 0 Å². The molecule has 0 heterocycles. The van der Waals surface area contributed by atoms with Crippen molar-refractivity contribution in [3.63, 3.8) is 0 Å². The summed E-state index contributed by atoms with van der Waals surface area (Å²) in [7, 11) is 0. The van der Waals surface area contributed by atoms with Gasteiger partial charge in [0.15, 0.2) is 0 Å². The molecule has 0 saturated heterocycles. The smallest absolute Gasteiger partial charge is 0.00433 e. The zero-order chi connectivity index (χ0) is 13.9. The van der Waals surface area contributed by atoms with Crippen LogP contribution in [0, 0.1) is 5.92 Å². The molecule has 1 aliphatic carbocycles. The van der Waals surface area contributed by atoms with Gasteiger partial charge in [0.05, 0.1) is 0 Å². The predicted octanol–water partition coefficient (Wildman–Crippen LogP) is 2.64. The molecule has 1 aromatic carbocycles. The van der Waals surface area contributed by atoms with Crippen LogP contribution in [0.2, 0.25) is 0 Å². The largest absolute Gasteiger partial charge is 0.330 e. The molecule has 0 radical (unpaired) electrons. The summed E-state index contributed by atoms with van der Waals surface area (Å²) in [5.74, 6) is 0.552. The second-order valence-corrected chi connectivity index (χ2v) is 6.69. The monoisotopic (exact) mass is 260 g/mol. The molecular formula is C17H28N2. The number of hydrogen-bond acceptors (Lipinski definition) is 2. The van der Waals surface area contributed by atoms with Crippen molar-refractivity contribution in [3.8, 4) is 0 Å². The summed E-state index contributed by atoms with van der Waals surface area (Å²) in [5.41, 5.74) is 10.4. The first kappa shape index (κ1) is 14.5. The second-order valence-electron chi connectivity index (χ2n) is 6.69. The van der Waals surface area contributed by atoms with Crippen LogP contribution in [0.4, 0.5) is 0 Å². The number of rotatable bonds is 6. The van der Waals surface area contributed by atoms with Crippen molar-refractivity contribution in [2.75, 3.05) is 19.6 Å². The maximum atomic E-state index is 5.65. The van der Waals surface area contributed by atoms with Crippen LogP contribution < -0.4 is 11.1 Å². The summed E-state index contributed by atoms with van der Waals surface area (Å²) in [6.45, 7) is 9.61. The number of aryl methyl sites for hydroxylation is 2. The molecule has 2 heteroatoms. The van der Waals surface area contributed by atoms with Gasteiger partial charge in [0.25, 0.3) is 0 Å². The van der Waals surface area contributed by atoms with E-state index in [4.69, 9.17) is 5.73 Å². The summed E-state index contributed by atoms with van der Waals surface area (Å²) >= 11 is 0. The fourth-order valence-electron chi connectivity index (χ4n) is 2.81. The van der Waals surface area contributed by atoms with E-state index >= 15 is 0 Å². The molecule has 0 fully saturated rings. The highest BCUT2D eigenvalue weighted by atomic mass is 14.9. The Hall–Kier alpha value is -0.860. The fourth-order valence-corrected chi connectivity index (χ4v) is 2.81. The first-order valence-electron chi connectivity index (χ1n) is 7.56. The highest BCUT2D eigenvalue weighted by molar-refractivity contribution is 5.38. The van der Waals surface area contributed by atoms with Gasteiger partial charge in [-0.15, -0.1) is 0 Å². The molecule has 3 N–H and O–H groups in total. The normalized spacial score (nSPS) is 16.4. The number of benzene rings is 1. The van der Waals surface area contributed by atoms with Crippen LogP contribution in [0.15, 0.2) is 18.2 Å². The summed E-state index contributed by atoms with van der Waals surface area (Å²) in [6.07, 6.45) is 3.85. The van der Waals surface area contributed by atoms with Gasteiger partial charge in [-0.25, -0.2) is 0 Å². The molecule has 0 aliphatic heterocycles. The van der Waals surface area contributed by atoms with Gasteiger partial charge >= 0.3 is 0 Å². The fraction of sp³-hybridized carbons (Fsp3) is 0.647. The molecular weight excluding hydrogens is 232 g/mol. The van der Waals surface area contributed by atoms with E-state index < -0.39 is 0 Å². The molecule has 1 aromatic rings. The van der Waals surface area contributed by atoms with Crippen molar-refractivity contribution in [2.45, 2.75) is 45.4 Å². The molecule has 0 aromatic heterocycles. The molecule has 0 bridgehead atoms. The van der Waals surface area contributed by atoms with Crippen molar-refractivity contribution < 1.29 is 0 Å². The van der Waals surface area contributed by atoms with Gasteiger partial charge in [-0.05, 0) is 55.0 Å². The molecule has 1 aliphatic rings. The highest BCUT2D eigenvalue weighted by Crippen LogP contribution is 2.29. The van der Waals surface area contributed by atoms with E-state index in [1.165, 1.54) is 24.8 Å². The number of fused-ring (bicyclic) bond motifs is 1. The Kier molecular flexibility index (Phi) is 4.64. The number of nitrogens with one attached hydrogen (secondary N) is 1. The topological polar surface area (TPSA) is 38.0 Å². The van der Waals surface area contributed by atoms with Crippen LogP contribution >= 0.6 is 0 Å². The SMILES string of the molecule is CC(CN)CNCC(C)(C)c1ccc2c(c1)CCC2. The average molecular weight is 260 g/mol. The summed E-state index contributed by atoms with van der Waals surface area (Å²) in [4.78, 5) is 0. The van der Waals surface area contributed by atoms with Crippen LogP contribution in [-0.2, 0) is 18.3 Å². The quantitative estimate of drug-likeness (QED) is 0.825. The Balaban J connectivity index is 1.98. The first-order chi connectivity index (χ1) is 9.03. The van der Waals surface area contributed by atoms with Crippen LogP contribution in [0.1, 0.15) is 43.9 Å². The van der Waals surface area contributed by atoms with Crippen molar-refractivity contribution in [1.82, 2.24) is 5.32 Å². The Bertz CT molecular complexity index is 423. The third-order valence-electron chi connectivity index (χ3n) is 4.34. The summed E-state index contributed by atoms with van der Waals surface area (Å²) in [5, 5.41) is 3.56. The highest BCUT2D eigenvalue weighted by Gasteiger charge is 2.22. The lowest BCUT2D eigenvalue weighted by molar-refractivity contribution is 0.434. The zero-order valence-electron chi connectivity index (χ0n) is 12.6. The minimum absolute atomic E-state index is 0.186. The molecule has 0 spiro atoms. The molecule has 2 rings (SSSR count). The molecule has 19 heavy (non-hydrogen) atoms. The van der Waals surface area contributed by atoms with E-state index in [1.54, 1.807) is 11.1 Å². The van der Waals surface area contributed by atoms with Gasteiger partial charge in [0.1, 0.15) is 0 Å². The van der Waals surface area contributed by atoms with Crippen molar-refractivity contribution in [2.24, 2.45) is 11.7 Å². The lowest BCUT2D eigenvalue weighted by atomic mass is 9.83. The van der Waals surface area contributed by atoms with E-state index in [2.05, 4.69) is 44.3 Å². The van der Waals surface area contributed by atoms with Gasteiger partial charge in [-0.2, -0.15) is 0 Å². The average Bonchev–Trinajstić information content (AvgIpc) is 2.85. The van der Waals surface area contributed by atoms with Crippen molar-refractivity contribution >= 4 is 0 Å². The number of hydrogen-bond donors (Lipinski definition) is 2. The lowest BCUT2D eigenvalue weighted by Crippen LogP contribution is -2.36. The molecule has 106 valence electrons. The summed E-state index contributed by atoms with van der Waals surface area (Å²) < 4.78 is 0. The maximum absolute atomic E-state index is 5.65. The summed E-state index contributed by atoms with van der Waals surface area (Å²) in [6, 6.07) is 7.08. The van der Waals surface area contributed by atoms with E-state index in [0.717, 1.165) is 19.6 Å². The van der Waals surface area contributed by atoms with E-state index in [-0.39, 0.29) is 5.41 Å². The van der Waals surface area contributed by atoms with Gasteiger partial charge in [0.2, 0.25) is 0 Å². The van der Waals surface area contributed by atoms with Crippen LogP contribution in [0.5, 0.6) is 0 Å². The van der Waals surface area contributed by atoms with Gasteiger partial charge in [-0.1, -0.05) is 39.0 Å². The van der Waals surface area contributed by atoms with Crippen molar-refractivity contribution in [3.05, 3.63) is 34.9 Å². The third kappa shape index (κ3) is 3.58. The molecule has 2 nitrogen and oxygen atoms in total. The lowest BCUT2D eigenvalue weighted by Gasteiger charge is -2.27. The van der Waals surface area contributed by atoms with E-state index in [1.807, 2.05) is 0 Å². The molecule has 1 unspecified atom stereocenters. The molecule has 0 amide bonds. The van der Waals surface area contributed by atoms with Crippen LogP contribution in [0.25, 0.3) is 0 Å². The van der Waals surface area contributed by atoms with Crippen LogP contribution in [0.3, 0.4) is 0 Å². The zero-order valence-corrected chi connectivity index (χ0v) is 12.6. The van der Waals surface area contributed by atoms with Gasteiger partial charge in [0, 0.05) is 12.0 Å². The molecule has 1 atom stereocenters. The minimum atomic E-state index is 0.186.